The van der Waals surface area contributed by atoms with Crippen molar-refractivity contribution < 1.29 is 4.79 Å². The number of hydrogen-bond donors (Lipinski definition) is 1. The van der Waals surface area contributed by atoms with Crippen molar-refractivity contribution in [3.63, 3.8) is 0 Å². The second-order valence-electron chi connectivity index (χ2n) is 5.15. The van der Waals surface area contributed by atoms with Crippen LogP contribution in [0.15, 0.2) is 47.1 Å². The molecule has 1 amide bonds. The van der Waals surface area contributed by atoms with Crippen LogP contribution in [0.3, 0.4) is 0 Å². The molecule has 0 fully saturated rings. The molecule has 1 N–H and O–H groups in total. The fraction of sp³-hybridized carbons (Fsp3) is 0.294. The van der Waals surface area contributed by atoms with Gasteiger partial charge in [-0.15, -0.1) is 0 Å². The Morgan fingerprint density at radius 2 is 2.05 bits per heavy atom. The van der Waals surface area contributed by atoms with Crippen LogP contribution in [0.4, 0.5) is 11.4 Å². The highest BCUT2D eigenvalue weighted by atomic mass is 79.9. The van der Waals surface area contributed by atoms with E-state index in [0.717, 1.165) is 35.2 Å². The van der Waals surface area contributed by atoms with Gasteiger partial charge >= 0.3 is 0 Å². The molecule has 5 heteroatoms. The Morgan fingerprint density at radius 3 is 2.77 bits per heavy atom. The van der Waals surface area contributed by atoms with Crippen LogP contribution >= 0.6 is 15.9 Å². The number of unbranched alkanes of at least 4 members (excludes halogenated alkanes) is 1. The number of nitrogens with zero attached hydrogens (tertiary/aromatic N) is 2. The third-order valence-electron chi connectivity index (χ3n) is 3.29. The maximum Gasteiger partial charge on any atom is 0.272 e. The van der Waals surface area contributed by atoms with Gasteiger partial charge in [0.05, 0.1) is 0 Å². The van der Waals surface area contributed by atoms with Crippen molar-refractivity contribution in [2.24, 2.45) is 0 Å². The summed E-state index contributed by atoms with van der Waals surface area (Å²) in [5, 5.41) is 3.28. The lowest BCUT2D eigenvalue weighted by atomic mass is 10.2. The first-order valence-corrected chi connectivity index (χ1v) is 8.13. The van der Waals surface area contributed by atoms with Crippen LogP contribution < -0.4 is 5.32 Å². The predicted molar refractivity (Wildman–Crippen MR) is 93.5 cm³/mol. The van der Waals surface area contributed by atoms with Crippen molar-refractivity contribution in [3.8, 4) is 0 Å². The van der Waals surface area contributed by atoms with Gasteiger partial charge in [0.1, 0.15) is 5.69 Å². The molecular weight excluding hydrogens is 342 g/mol. The van der Waals surface area contributed by atoms with Crippen molar-refractivity contribution >= 4 is 33.2 Å². The van der Waals surface area contributed by atoms with Crippen molar-refractivity contribution in [3.05, 3.63) is 52.8 Å². The molecule has 0 bridgehead atoms. The minimum atomic E-state index is -0.0497. The van der Waals surface area contributed by atoms with Crippen LogP contribution in [0.25, 0.3) is 0 Å². The minimum Gasteiger partial charge on any atom is -0.355 e. The number of aromatic nitrogens is 1. The molecule has 116 valence electrons. The maximum atomic E-state index is 12.3. The van der Waals surface area contributed by atoms with Crippen LogP contribution in [0, 0.1) is 0 Å². The highest BCUT2D eigenvalue weighted by Crippen LogP contribution is 2.20. The molecule has 0 aliphatic carbocycles. The van der Waals surface area contributed by atoms with Gasteiger partial charge in [-0.3, -0.25) is 9.78 Å². The number of hydrogen-bond acceptors (Lipinski definition) is 3. The largest absolute Gasteiger partial charge is 0.355 e. The fourth-order valence-corrected chi connectivity index (χ4v) is 2.45. The lowest BCUT2D eigenvalue weighted by molar-refractivity contribution is 0.0787. The second-order valence-corrected chi connectivity index (χ2v) is 6.06. The molecule has 0 saturated heterocycles. The summed E-state index contributed by atoms with van der Waals surface area (Å²) in [5.74, 6) is -0.0497. The van der Waals surface area contributed by atoms with Crippen LogP contribution in [-0.4, -0.2) is 29.4 Å². The van der Waals surface area contributed by atoms with E-state index in [1.54, 1.807) is 17.2 Å². The van der Waals surface area contributed by atoms with Gasteiger partial charge in [-0.25, -0.2) is 0 Å². The summed E-state index contributed by atoms with van der Waals surface area (Å²) >= 11 is 3.44. The van der Waals surface area contributed by atoms with Gasteiger partial charge < -0.3 is 10.2 Å². The molecule has 2 aromatic rings. The summed E-state index contributed by atoms with van der Waals surface area (Å²) in [6, 6.07) is 11.5. The molecule has 0 aliphatic rings. The number of rotatable bonds is 6. The number of halogens is 1. The maximum absolute atomic E-state index is 12.3. The number of carbonyl (C=O) groups is 1. The molecule has 0 spiro atoms. The zero-order chi connectivity index (χ0) is 15.9. The molecule has 0 radical (unpaired) electrons. The molecule has 1 aromatic carbocycles. The molecule has 22 heavy (non-hydrogen) atoms. The Hall–Kier alpha value is -1.88. The first-order valence-electron chi connectivity index (χ1n) is 7.34. The summed E-state index contributed by atoms with van der Waals surface area (Å²) in [6.07, 6.45) is 3.72. The Labute approximate surface area is 139 Å². The van der Waals surface area contributed by atoms with E-state index in [2.05, 4.69) is 33.2 Å². The summed E-state index contributed by atoms with van der Waals surface area (Å²) in [5.41, 5.74) is 2.26. The van der Waals surface area contributed by atoms with Crippen molar-refractivity contribution in [1.82, 2.24) is 9.88 Å². The van der Waals surface area contributed by atoms with Gasteiger partial charge in [-0.1, -0.05) is 35.3 Å². The second kappa shape index (κ2) is 7.94. The zero-order valence-corrected chi connectivity index (χ0v) is 14.4. The number of nitrogens with one attached hydrogen (secondary N) is 1. The third kappa shape index (κ3) is 4.56. The van der Waals surface area contributed by atoms with E-state index in [1.165, 1.54) is 0 Å². The summed E-state index contributed by atoms with van der Waals surface area (Å²) < 4.78 is 1.00. The lowest BCUT2D eigenvalue weighted by Crippen LogP contribution is -2.28. The normalized spacial score (nSPS) is 10.3. The quantitative estimate of drug-likeness (QED) is 0.825. The smallest absolute Gasteiger partial charge is 0.272 e. The highest BCUT2D eigenvalue weighted by molar-refractivity contribution is 9.10. The van der Waals surface area contributed by atoms with Crippen LogP contribution in [0.5, 0.6) is 0 Å². The lowest BCUT2D eigenvalue weighted by Gasteiger charge is -2.16. The van der Waals surface area contributed by atoms with E-state index in [9.17, 15) is 4.79 Å². The SMILES string of the molecule is CCCCN(C)C(=O)c1cc(Nc2cccc(Br)c2)ccn1. The van der Waals surface area contributed by atoms with Gasteiger partial charge in [0.15, 0.2) is 0 Å². The number of carbonyl (C=O) groups excluding carboxylic acids is 1. The average Bonchev–Trinajstić information content (AvgIpc) is 2.52. The first kappa shape index (κ1) is 16.5. The van der Waals surface area contributed by atoms with E-state index in [1.807, 2.05) is 37.4 Å². The summed E-state index contributed by atoms with van der Waals surface area (Å²) in [7, 11) is 1.81. The monoisotopic (exact) mass is 361 g/mol. The molecule has 4 nitrogen and oxygen atoms in total. The van der Waals surface area contributed by atoms with Crippen LogP contribution in [-0.2, 0) is 0 Å². The fourth-order valence-electron chi connectivity index (χ4n) is 2.05. The zero-order valence-electron chi connectivity index (χ0n) is 12.8. The minimum absolute atomic E-state index is 0.0497. The Bertz CT molecular complexity index is 645. The standard InChI is InChI=1S/C17H20BrN3O/c1-3-4-10-21(2)17(22)16-12-15(8-9-19-16)20-14-7-5-6-13(18)11-14/h5-9,11-12H,3-4,10H2,1-2H3,(H,19,20). The number of amides is 1. The Kier molecular flexibility index (Phi) is 5.95. The van der Waals surface area contributed by atoms with Gasteiger partial charge in [0.25, 0.3) is 5.91 Å². The van der Waals surface area contributed by atoms with E-state index >= 15 is 0 Å². The number of pyridine rings is 1. The van der Waals surface area contributed by atoms with Gasteiger partial charge in [-0.2, -0.15) is 0 Å². The van der Waals surface area contributed by atoms with Crippen molar-refractivity contribution in [2.45, 2.75) is 19.8 Å². The molecule has 2 rings (SSSR count). The van der Waals surface area contributed by atoms with E-state index in [0.29, 0.717) is 5.69 Å². The molecule has 0 saturated carbocycles. The van der Waals surface area contributed by atoms with Gasteiger partial charge in [0.2, 0.25) is 0 Å². The molecule has 1 aromatic heterocycles. The molecule has 0 unspecified atom stereocenters. The van der Waals surface area contributed by atoms with Gasteiger partial charge in [-0.05, 0) is 36.8 Å². The van der Waals surface area contributed by atoms with Gasteiger partial charge in [0, 0.05) is 35.6 Å². The number of benzene rings is 1. The third-order valence-corrected chi connectivity index (χ3v) is 3.78. The summed E-state index contributed by atoms with van der Waals surface area (Å²) in [6.45, 7) is 2.86. The predicted octanol–water partition coefficient (Wildman–Crippen LogP) is 4.46. The van der Waals surface area contributed by atoms with Crippen LogP contribution in [0.1, 0.15) is 30.3 Å². The Balaban J connectivity index is 2.11. The topological polar surface area (TPSA) is 45.2 Å². The molecule has 0 atom stereocenters. The average molecular weight is 362 g/mol. The van der Waals surface area contributed by atoms with E-state index in [4.69, 9.17) is 0 Å². The van der Waals surface area contributed by atoms with Crippen LogP contribution in [0.2, 0.25) is 0 Å². The van der Waals surface area contributed by atoms with Crippen molar-refractivity contribution in [1.29, 1.82) is 0 Å². The van der Waals surface area contributed by atoms with E-state index in [-0.39, 0.29) is 5.91 Å². The van der Waals surface area contributed by atoms with E-state index < -0.39 is 0 Å². The number of anilines is 2. The van der Waals surface area contributed by atoms with Crippen molar-refractivity contribution in [2.75, 3.05) is 18.9 Å². The Morgan fingerprint density at radius 1 is 1.27 bits per heavy atom. The first-order chi connectivity index (χ1) is 10.6. The highest BCUT2D eigenvalue weighted by Gasteiger charge is 2.13. The molecule has 1 heterocycles. The molecular formula is C17H20BrN3O. The summed E-state index contributed by atoms with van der Waals surface area (Å²) in [4.78, 5) is 18.2. The molecule has 0 aliphatic heterocycles.